The number of nitrogens with zero attached hydrogens (tertiary/aromatic N) is 4. The van der Waals surface area contributed by atoms with E-state index in [0.29, 0.717) is 31.5 Å². The number of aromatic nitrogens is 3. The van der Waals surface area contributed by atoms with Gasteiger partial charge in [-0.15, -0.1) is 10.2 Å². The first-order valence-electron chi connectivity index (χ1n) is 9.51. The molecule has 2 aliphatic rings. The van der Waals surface area contributed by atoms with Gasteiger partial charge in [0.25, 0.3) is 5.91 Å². The van der Waals surface area contributed by atoms with E-state index in [-0.39, 0.29) is 11.8 Å². The van der Waals surface area contributed by atoms with Crippen molar-refractivity contribution in [2.75, 3.05) is 19.7 Å². The zero-order valence-electron chi connectivity index (χ0n) is 15.3. The van der Waals surface area contributed by atoms with Gasteiger partial charge < -0.3 is 14.1 Å². The molecule has 4 heterocycles. The van der Waals surface area contributed by atoms with Crippen LogP contribution in [0.2, 0.25) is 0 Å². The monoisotopic (exact) mass is 376 g/mol. The molecule has 7 nitrogen and oxygen atoms in total. The predicted molar refractivity (Wildman–Crippen MR) is 100 cm³/mol. The molecule has 2 aromatic heterocycles. The molecule has 28 heavy (non-hydrogen) atoms. The van der Waals surface area contributed by atoms with E-state index in [1.807, 2.05) is 35.2 Å². The molecule has 1 aromatic carbocycles. The highest BCUT2D eigenvalue weighted by Gasteiger charge is 2.36. The minimum Gasteiger partial charge on any atom is -0.420 e. The minimum absolute atomic E-state index is 0.0154. The molecule has 0 radical (unpaired) electrons. The first kappa shape index (κ1) is 17.1. The lowest BCUT2D eigenvalue weighted by molar-refractivity contribution is -0.144. The molecule has 7 heteroatoms. The van der Waals surface area contributed by atoms with Crippen molar-refractivity contribution in [2.45, 2.75) is 24.9 Å². The van der Waals surface area contributed by atoms with E-state index in [9.17, 15) is 4.79 Å². The summed E-state index contributed by atoms with van der Waals surface area (Å²) in [6.45, 7) is 1.80. The molecule has 1 amide bonds. The fourth-order valence-electron chi connectivity index (χ4n) is 3.93. The molecule has 1 fully saturated rings. The molecule has 0 N–H and O–H groups in total. The lowest BCUT2D eigenvalue weighted by Crippen LogP contribution is -2.36. The summed E-state index contributed by atoms with van der Waals surface area (Å²) in [5.41, 5.74) is 2.97. The molecule has 0 saturated carbocycles. The Balaban J connectivity index is 1.30. The van der Waals surface area contributed by atoms with Gasteiger partial charge in [0.05, 0.1) is 18.1 Å². The lowest BCUT2D eigenvalue weighted by Gasteiger charge is -2.28. The fraction of sp³-hybridized carbons (Fsp3) is 0.333. The Kier molecular flexibility index (Phi) is 4.37. The van der Waals surface area contributed by atoms with E-state index in [0.717, 1.165) is 24.0 Å². The van der Waals surface area contributed by atoms with Crippen LogP contribution in [0.5, 0.6) is 0 Å². The highest BCUT2D eigenvalue weighted by molar-refractivity contribution is 5.83. The minimum atomic E-state index is -0.516. The molecule has 0 bridgehead atoms. The number of hydrogen-bond donors (Lipinski definition) is 0. The van der Waals surface area contributed by atoms with Crippen molar-refractivity contribution in [3.05, 3.63) is 65.8 Å². The molecule has 1 saturated heterocycles. The van der Waals surface area contributed by atoms with Crippen molar-refractivity contribution in [2.24, 2.45) is 0 Å². The van der Waals surface area contributed by atoms with Crippen LogP contribution in [0.4, 0.5) is 0 Å². The lowest BCUT2D eigenvalue weighted by atomic mass is 9.97. The van der Waals surface area contributed by atoms with Gasteiger partial charge in [0, 0.05) is 25.5 Å². The average molecular weight is 376 g/mol. The maximum atomic E-state index is 13.1. The standard InChI is InChI=1S/C21H20N4O3/c26-21(18-17-6-2-1-4-14(17)8-11-27-18)25-10-7-16(13-25)20-24-23-19(28-20)15-5-3-9-22-12-15/h1-6,9,12,16,18H,7-8,10-11,13H2/t16-,18-/m0/s1. The van der Waals surface area contributed by atoms with Crippen molar-refractivity contribution in [3.8, 4) is 11.5 Å². The number of amides is 1. The SMILES string of the molecule is O=C([C@H]1OCCc2ccccc21)N1CC[C@H](c2nnc(-c3cccnc3)o2)C1. The third kappa shape index (κ3) is 3.07. The normalized spacial score (nSPS) is 21.5. The van der Waals surface area contributed by atoms with E-state index in [1.165, 1.54) is 5.56 Å². The van der Waals surface area contributed by atoms with Crippen molar-refractivity contribution in [1.29, 1.82) is 0 Å². The second-order valence-corrected chi connectivity index (χ2v) is 7.16. The maximum Gasteiger partial charge on any atom is 0.256 e. The summed E-state index contributed by atoms with van der Waals surface area (Å²) >= 11 is 0. The molecule has 0 unspecified atom stereocenters. The Morgan fingerprint density at radius 2 is 2.07 bits per heavy atom. The van der Waals surface area contributed by atoms with Crippen LogP contribution in [0.1, 0.15) is 35.5 Å². The van der Waals surface area contributed by atoms with Crippen molar-refractivity contribution in [1.82, 2.24) is 20.1 Å². The van der Waals surface area contributed by atoms with E-state index >= 15 is 0 Å². The number of hydrogen-bond acceptors (Lipinski definition) is 6. The number of carbonyl (C=O) groups is 1. The van der Waals surface area contributed by atoms with Crippen LogP contribution in [0.15, 0.2) is 53.2 Å². The molecule has 0 spiro atoms. The Morgan fingerprint density at radius 1 is 1.14 bits per heavy atom. The number of rotatable bonds is 3. The summed E-state index contributed by atoms with van der Waals surface area (Å²) in [6, 6.07) is 11.7. The number of likely N-dealkylation sites (tertiary alicyclic amines) is 1. The second-order valence-electron chi connectivity index (χ2n) is 7.16. The van der Waals surface area contributed by atoms with Crippen LogP contribution in [-0.2, 0) is 16.0 Å². The number of ether oxygens (including phenoxy) is 1. The molecular formula is C21H20N4O3. The van der Waals surface area contributed by atoms with Crippen molar-refractivity contribution < 1.29 is 13.9 Å². The number of fused-ring (bicyclic) bond motifs is 1. The Hall–Kier alpha value is -3.06. The molecular weight excluding hydrogens is 356 g/mol. The first-order valence-corrected chi connectivity index (χ1v) is 9.51. The van der Waals surface area contributed by atoms with Gasteiger partial charge >= 0.3 is 0 Å². The highest BCUT2D eigenvalue weighted by atomic mass is 16.5. The van der Waals surface area contributed by atoms with Crippen molar-refractivity contribution >= 4 is 5.91 Å². The van der Waals surface area contributed by atoms with Crippen LogP contribution >= 0.6 is 0 Å². The fourth-order valence-corrected chi connectivity index (χ4v) is 3.93. The molecule has 2 aliphatic heterocycles. The van der Waals surface area contributed by atoms with Crippen LogP contribution in [0.25, 0.3) is 11.5 Å². The Bertz CT molecular complexity index is 988. The van der Waals surface area contributed by atoms with Gasteiger partial charge in [0.2, 0.25) is 11.8 Å². The first-order chi connectivity index (χ1) is 13.8. The third-order valence-corrected chi connectivity index (χ3v) is 5.42. The van der Waals surface area contributed by atoms with Crippen LogP contribution < -0.4 is 0 Å². The van der Waals surface area contributed by atoms with Gasteiger partial charge in [0.1, 0.15) is 0 Å². The zero-order chi connectivity index (χ0) is 18.9. The zero-order valence-corrected chi connectivity index (χ0v) is 15.3. The highest BCUT2D eigenvalue weighted by Crippen LogP contribution is 2.33. The predicted octanol–water partition coefficient (Wildman–Crippen LogP) is 2.76. The summed E-state index contributed by atoms with van der Waals surface area (Å²) in [5.74, 6) is 1.08. The van der Waals surface area contributed by atoms with Crippen LogP contribution in [0.3, 0.4) is 0 Å². The molecule has 0 aliphatic carbocycles. The molecule has 5 rings (SSSR count). The van der Waals surface area contributed by atoms with Crippen LogP contribution in [-0.4, -0.2) is 45.7 Å². The Labute approximate surface area is 162 Å². The number of pyridine rings is 1. The van der Waals surface area contributed by atoms with Gasteiger partial charge in [0.15, 0.2) is 6.10 Å². The van der Waals surface area contributed by atoms with Gasteiger partial charge in [-0.05, 0) is 36.1 Å². The number of benzene rings is 1. The van der Waals surface area contributed by atoms with Crippen molar-refractivity contribution in [3.63, 3.8) is 0 Å². The molecule has 2 atom stereocenters. The summed E-state index contributed by atoms with van der Waals surface area (Å²) < 4.78 is 11.7. The Morgan fingerprint density at radius 3 is 2.96 bits per heavy atom. The molecule has 142 valence electrons. The summed E-state index contributed by atoms with van der Waals surface area (Å²) in [7, 11) is 0. The second kappa shape index (κ2) is 7.16. The topological polar surface area (TPSA) is 81.4 Å². The largest absolute Gasteiger partial charge is 0.420 e. The smallest absolute Gasteiger partial charge is 0.256 e. The van der Waals surface area contributed by atoms with Gasteiger partial charge in [-0.3, -0.25) is 9.78 Å². The van der Waals surface area contributed by atoms with Gasteiger partial charge in [-0.2, -0.15) is 0 Å². The molecule has 3 aromatic rings. The summed E-state index contributed by atoms with van der Waals surface area (Å²) in [4.78, 5) is 19.0. The quantitative estimate of drug-likeness (QED) is 0.699. The maximum absolute atomic E-state index is 13.1. The van der Waals surface area contributed by atoms with E-state index in [4.69, 9.17) is 9.15 Å². The van der Waals surface area contributed by atoms with Gasteiger partial charge in [-0.1, -0.05) is 24.3 Å². The van der Waals surface area contributed by atoms with E-state index < -0.39 is 6.10 Å². The average Bonchev–Trinajstić information content (AvgIpc) is 3.43. The third-order valence-electron chi connectivity index (χ3n) is 5.42. The summed E-state index contributed by atoms with van der Waals surface area (Å²) in [5, 5.41) is 8.34. The number of carbonyl (C=O) groups excluding carboxylic acids is 1. The van der Waals surface area contributed by atoms with Gasteiger partial charge in [-0.25, -0.2) is 0 Å². The summed E-state index contributed by atoms with van der Waals surface area (Å²) in [6.07, 6.45) is 4.53. The van der Waals surface area contributed by atoms with E-state index in [2.05, 4.69) is 21.2 Å². The van der Waals surface area contributed by atoms with Crippen LogP contribution in [0, 0.1) is 0 Å². The van der Waals surface area contributed by atoms with E-state index in [1.54, 1.807) is 12.4 Å².